The Morgan fingerprint density at radius 3 is 3.00 bits per heavy atom. The standard InChI is InChI=1S/C11H14N4O/c1-8(2)13-7-10-14-11(16-15-10)9-4-3-5-12-6-9/h3-6,8,13H,7H2,1-2H3. The van der Waals surface area contributed by atoms with Crippen molar-refractivity contribution in [3.63, 3.8) is 0 Å². The number of hydrogen-bond donors (Lipinski definition) is 1. The van der Waals surface area contributed by atoms with Gasteiger partial charge in [0, 0.05) is 18.4 Å². The fraction of sp³-hybridized carbons (Fsp3) is 0.364. The van der Waals surface area contributed by atoms with Crippen LogP contribution in [0.4, 0.5) is 0 Å². The highest BCUT2D eigenvalue weighted by Crippen LogP contribution is 2.14. The van der Waals surface area contributed by atoms with Gasteiger partial charge in [-0.1, -0.05) is 19.0 Å². The van der Waals surface area contributed by atoms with Crippen LogP contribution in [0.15, 0.2) is 29.0 Å². The van der Waals surface area contributed by atoms with Crippen LogP contribution in [0.2, 0.25) is 0 Å². The SMILES string of the molecule is CC(C)NCc1noc(-c2cccnc2)n1. The van der Waals surface area contributed by atoms with E-state index < -0.39 is 0 Å². The highest BCUT2D eigenvalue weighted by molar-refractivity contribution is 5.50. The van der Waals surface area contributed by atoms with Crippen molar-refractivity contribution in [2.45, 2.75) is 26.4 Å². The summed E-state index contributed by atoms with van der Waals surface area (Å²) in [6.07, 6.45) is 3.41. The van der Waals surface area contributed by atoms with E-state index in [9.17, 15) is 0 Å². The highest BCUT2D eigenvalue weighted by atomic mass is 16.5. The van der Waals surface area contributed by atoms with Crippen LogP contribution in [0.25, 0.3) is 11.5 Å². The number of nitrogens with zero attached hydrogens (tertiary/aromatic N) is 3. The van der Waals surface area contributed by atoms with E-state index in [2.05, 4.69) is 34.3 Å². The Morgan fingerprint density at radius 2 is 2.31 bits per heavy atom. The second kappa shape index (κ2) is 4.85. The molecule has 0 saturated heterocycles. The molecule has 0 aliphatic carbocycles. The third kappa shape index (κ3) is 2.64. The summed E-state index contributed by atoms with van der Waals surface area (Å²) in [7, 11) is 0. The van der Waals surface area contributed by atoms with Crippen LogP contribution < -0.4 is 5.32 Å². The smallest absolute Gasteiger partial charge is 0.259 e. The molecule has 0 aromatic carbocycles. The Kier molecular flexibility index (Phi) is 3.26. The molecule has 84 valence electrons. The van der Waals surface area contributed by atoms with E-state index in [0.717, 1.165) is 5.56 Å². The normalized spacial score (nSPS) is 10.9. The molecule has 2 rings (SSSR count). The van der Waals surface area contributed by atoms with Crippen molar-refractivity contribution in [3.05, 3.63) is 30.4 Å². The number of hydrogen-bond acceptors (Lipinski definition) is 5. The Balaban J connectivity index is 2.08. The highest BCUT2D eigenvalue weighted by Gasteiger charge is 2.08. The van der Waals surface area contributed by atoms with Gasteiger partial charge in [0.25, 0.3) is 5.89 Å². The summed E-state index contributed by atoms with van der Waals surface area (Å²) < 4.78 is 5.14. The van der Waals surface area contributed by atoms with Gasteiger partial charge in [0.05, 0.1) is 12.1 Å². The van der Waals surface area contributed by atoms with Gasteiger partial charge in [-0.2, -0.15) is 4.98 Å². The molecular weight excluding hydrogens is 204 g/mol. The molecule has 0 amide bonds. The molecule has 0 spiro atoms. The molecule has 5 heteroatoms. The van der Waals surface area contributed by atoms with E-state index in [1.807, 2.05) is 12.1 Å². The zero-order valence-corrected chi connectivity index (χ0v) is 9.34. The summed E-state index contributed by atoms with van der Waals surface area (Å²) in [6, 6.07) is 4.13. The summed E-state index contributed by atoms with van der Waals surface area (Å²) >= 11 is 0. The van der Waals surface area contributed by atoms with Crippen molar-refractivity contribution >= 4 is 0 Å². The first-order chi connectivity index (χ1) is 7.75. The maximum absolute atomic E-state index is 5.14. The fourth-order valence-electron chi connectivity index (χ4n) is 1.23. The van der Waals surface area contributed by atoms with Gasteiger partial charge < -0.3 is 9.84 Å². The van der Waals surface area contributed by atoms with Gasteiger partial charge in [0.2, 0.25) is 0 Å². The van der Waals surface area contributed by atoms with Crippen LogP contribution in [0.5, 0.6) is 0 Å². The maximum Gasteiger partial charge on any atom is 0.259 e. The maximum atomic E-state index is 5.14. The van der Waals surface area contributed by atoms with Crippen molar-refractivity contribution < 1.29 is 4.52 Å². The van der Waals surface area contributed by atoms with Crippen LogP contribution in [0.1, 0.15) is 19.7 Å². The molecule has 0 radical (unpaired) electrons. The molecule has 2 aromatic rings. The van der Waals surface area contributed by atoms with E-state index in [1.165, 1.54) is 0 Å². The summed E-state index contributed by atoms with van der Waals surface area (Å²) in [4.78, 5) is 8.27. The van der Waals surface area contributed by atoms with Crippen molar-refractivity contribution in [1.82, 2.24) is 20.4 Å². The predicted octanol–water partition coefficient (Wildman–Crippen LogP) is 1.63. The molecule has 0 aliphatic rings. The largest absolute Gasteiger partial charge is 0.334 e. The molecule has 1 N–H and O–H groups in total. The van der Waals surface area contributed by atoms with Gasteiger partial charge in [-0.15, -0.1) is 0 Å². The molecule has 0 unspecified atom stereocenters. The molecule has 0 fully saturated rings. The van der Waals surface area contributed by atoms with Gasteiger partial charge in [-0.25, -0.2) is 0 Å². The first-order valence-electron chi connectivity index (χ1n) is 5.22. The molecular formula is C11H14N4O. The van der Waals surface area contributed by atoms with Gasteiger partial charge >= 0.3 is 0 Å². The van der Waals surface area contributed by atoms with Crippen LogP contribution in [0, 0.1) is 0 Å². The number of pyridine rings is 1. The third-order valence-corrected chi connectivity index (χ3v) is 2.05. The fourth-order valence-corrected chi connectivity index (χ4v) is 1.23. The first-order valence-corrected chi connectivity index (χ1v) is 5.22. The minimum Gasteiger partial charge on any atom is -0.334 e. The zero-order valence-electron chi connectivity index (χ0n) is 9.34. The lowest BCUT2D eigenvalue weighted by atomic mass is 10.3. The molecule has 2 heterocycles. The lowest BCUT2D eigenvalue weighted by molar-refractivity contribution is 0.417. The molecule has 5 nitrogen and oxygen atoms in total. The molecule has 0 saturated carbocycles. The average Bonchev–Trinajstić information content (AvgIpc) is 2.76. The van der Waals surface area contributed by atoms with Crippen LogP contribution in [0.3, 0.4) is 0 Å². The third-order valence-electron chi connectivity index (χ3n) is 2.05. The van der Waals surface area contributed by atoms with Crippen molar-refractivity contribution in [2.75, 3.05) is 0 Å². The number of rotatable bonds is 4. The zero-order chi connectivity index (χ0) is 11.4. The monoisotopic (exact) mass is 218 g/mol. The number of nitrogens with one attached hydrogen (secondary N) is 1. The summed E-state index contributed by atoms with van der Waals surface area (Å²) in [5.74, 6) is 1.17. The minimum atomic E-state index is 0.403. The Bertz CT molecular complexity index is 438. The van der Waals surface area contributed by atoms with Gasteiger partial charge in [0.15, 0.2) is 5.82 Å². The van der Waals surface area contributed by atoms with Crippen molar-refractivity contribution in [1.29, 1.82) is 0 Å². The lowest BCUT2D eigenvalue weighted by Gasteiger charge is -2.03. The van der Waals surface area contributed by atoms with Gasteiger partial charge in [-0.3, -0.25) is 4.98 Å². The van der Waals surface area contributed by atoms with E-state index >= 15 is 0 Å². The first kappa shape index (κ1) is 10.8. The predicted molar refractivity (Wildman–Crippen MR) is 59.5 cm³/mol. The summed E-state index contributed by atoms with van der Waals surface area (Å²) in [5, 5.41) is 7.11. The van der Waals surface area contributed by atoms with E-state index in [1.54, 1.807) is 12.4 Å². The summed E-state index contributed by atoms with van der Waals surface area (Å²) in [5.41, 5.74) is 0.839. The van der Waals surface area contributed by atoms with Crippen LogP contribution in [-0.4, -0.2) is 21.2 Å². The van der Waals surface area contributed by atoms with Crippen molar-refractivity contribution in [2.24, 2.45) is 0 Å². The van der Waals surface area contributed by atoms with E-state index in [-0.39, 0.29) is 0 Å². The van der Waals surface area contributed by atoms with Crippen molar-refractivity contribution in [3.8, 4) is 11.5 Å². The molecule has 0 bridgehead atoms. The van der Waals surface area contributed by atoms with E-state index in [0.29, 0.717) is 24.3 Å². The summed E-state index contributed by atoms with van der Waals surface area (Å²) in [6.45, 7) is 4.76. The Hall–Kier alpha value is -1.75. The second-order valence-corrected chi connectivity index (χ2v) is 3.79. The topological polar surface area (TPSA) is 63.8 Å². The van der Waals surface area contributed by atoms with Gasteiger partial charge in [0.1, 0.15) is 0 Å². The quantitative estimate of drug-likeness (QED) is 0.845. The average molecular weight is 218 g/mol. The molecule has 2 aromatic heterocycles. The number of aromatic nitrogens is 3. The Labute approximate surface area is 93.9 Å². The van der Waals surface area contributed by atoms with Crippen LogP contribution >= 0.6 is 0 Å². The van der Waals surface area contributed by atoms with Gasteiger partial charge in [-0.05, 0) is 12.1 Å². The molecule has 0 atom stereocenters. The molecule has 16 heavy (non-hydrogen) atoms. The second-order valence-electron chi connectivity index (χ2n) is 3.79. The van der Waals surface area contributed by atoms with Crippen LogP contribution in [-0.2, 0) is 6.54 Å². The minimum absolute atomic E-state index is 0.403. The van der Waals surface area contributed by atoms with E-state index in [4.69, 9.17) is 4.52 Å². The molecule has 0 aliphatic heterocycles. The Morgan fingerprint density at radius 1 is 1.44 bits per heavy atom. The lowest BCUT2D eigenvalue weighted by Crippen LogP contribution is -2.22.